The van der Waals surface area contributed by atoms with Crippen molar-refractivity contribution < 1.29 is 9.53 Å². The maximum Gasteiger partial charge on any atom is 0.225 e. The van der Waals surface area contributed by atoms with E-state index in [0.717, 1.165) is 64.2 Å². The fraction of sp³-hybridized carbons (Fsp3) is 0.542. The number of hydrogen-bond donors (Lipinski definition) is 0. The molecule has 0 radical (unpaired) electrons. The van der Waals surface area contributed by atoms with E-state index in [1.165, 1.54) is 24.0 Å². The lowest BCUT2D eigenvalue weighted by Crippen LogP contribution is -2.41. The lowest BCUT2D eigenvalue weighted by molar-refractivity contribution is -0.136. The van der Waals surface area contributed by atoms with Gasteiger partial charge in [-0.15, -0.1) is 0 Å². The number of carbonyl (C=O) groups is 1. The van der Waals surface area contributed by atoms with Crippen molar-refractivity contribution in [3.8, 4) is 5.75 Å². The molecule has 2 saturated heterocycles. The van der Waals surface area contributed by atoms with Gasteiger partial charge in [-0.3, -0.25) is 9.69 Å². The molecular formula is C24H32N2O2. The summed E-state index contributed by atoms with van der Waals surface area (Å²) in [7, 11) is 0. The highest BCUT2D eigenvalue weighted by atomic mass is 16.5. The van der Waals surface area contributed by atoms with E-state index in [-0.39, 0.29) is 5.92 Å². The summed E-state index contributed by atoms with van der Waals surface area (Å²) in [4.78, 5) is 17.1. The average molecular weight is 381 g/mol. The molecule has 4 rings (SSSR count). The van der Waals surface area contributed by atoms with Crippen LogP contribution in [0.25, 0.3) is 0 Å². The fourth-order valence-electron chi connectivity index (χ4n) is 4.47. The molecule has 1 aliphatic carbocycles. The van der Waals surface area contributed by atoms with Gasteiger partial charge in [0.15, 0.2) is 0 Å². The molecule has 1 aromatic rings. The maximum atomic E-state index is 12.6. The number of likely N-dealkylation sites (tertiary alicyclic amines) is 2. The van der Waals surface area contributed by atoms with Gasteiger partial charge in [0.1, 0.15) is 12.4 Å². The van der Waals surface area contributed by atoms with Crippen molar-refractivity contribution in [3.05, 3.63) is 53.6 Å². The van der Waals surface area contributed by atoms with Gasteiger partial charge in [-0.05, 0) is 74.9 Å². The molecule has 0 N–H and O–H groups in total. The number of allylic oxidation sites excluding steroid dienone is 2. The summed E-state index contributed by atoms with van der Waals surface area (Å²) >= 11 is 0. The summed E-state index contributed by atoms with van der Waals surface area (Å²) in [6.45, 7) is 5.53. The van der Waals surface area contributed by atoms with E-state index in [4.69, 9.17) is 4.74 Å². The van der Waals surface area contributed by atoms with Gasteiger partial charge in [0.25, 0.3) is 0 Å². The van der Waals surface area contributed by atoms with E-state index in [1.54, 1.807) is 0 Å². The van der Waals surface area contributed by atoms with Crippen LogP contribution in [0.5, 0.6) is 5.75 Å². The highest BCUT2D eigenvalue weighted by molar-refractivity contribution is 5.79. The molecule has 0 aromatic heterocycles. The molecular weight excluding hydrogens is 348 g/mol. The first-order chi connectivity index (χ1) is 13.8. The van der Waals surface area contributed by atoms with Crippen LogP contribution in [0.2, 0.25) is 0 Å². The zero-order valence-corrected chi connectivity index (χ0v) is 16.8. The third kappa shape index (κ3) is 5.05. The van der Waals surface area contributed by atoms with Crippen molar-refractivity contribution in [2.75, 3.05) is 32.8 Å². The van der Waals surface area contributed by atoms with Crippen molar-refractivity contribution >= 4 is 5.91 Å². The van der Waals surface area contributed by atoms with Crippen molar-refractivity contribution in [1.82, 2.24) is 9.80 Å². The largest absolute Gasteiger partial charge is 0.489 e. The SMILES string of the molecule is O=C(C1CCN(Cc2cccc(OCC3=CCCC=C3)c2)CC1)N1CCCC1. The van der Waals surface area contributed by atoms with Crippen molar-refractivity contribution in [1.29, 1.82) is 0 Å². The smallest absolute Gasteiger partial charge is 0.225 e. The summed E-state index contributed by atoms with van der Waals surface area (Å²) in [5.41, 5.74) is 2.55. The summed E-state index contributed by atoms with van der Waals surface area (Å²) in [6, 6.07) is 8.46. The topological polar surface area (TPSA) is 32.8 Å². The first-order valence-corrected chi connectivity index (χ1v) is 10.9. The van der Waals surface area contributed by atoms with Crippen LogP contribution in [0.15, 0.2) is 48.1 Å². The van der Waals surface area contributed by atoms with Gasteiger partial charge in [0.05, 0.1) is 0 Å². The molecule has 2 fully saturated rings. The van der Waals surface area contributed by atoms with Gasteiger partial charge in [0, 0.05) is 25.6 Å². The quantitative estimate of drug-likeness (QED) is 0.742. The molecule has 4 nitrogen and oxygen atoms in total. The molecule has 0 saturated carbocycles. The normalized spacial score (nSPS) is 21.0. The average Bonchev–Trinajstić information content (AvgIpc) is 3.28. The monoisotopic (exact) mass is 380 g/mol. The lowest BCUT2D eigenvalue weighted by atomic mass is 9.95. The standard InChI is InChI=1S/C24H32N2O2/c27-24(26-13-4-5-14-26)22-11-15-25(16-12-22)18-21-9-6-10-23(17-21)28-19-20-7-2-1-3-8-20/h2,6-10,17,22H,1,3-5,11-16,18-19H2. The summed E-state index contributed by atoms with van der Waals surface area (Å²) < 4.78 is 5.99. The predicted octanol–water partition coefficient (Wildman–Crippen LogP) is 4.18. The Labute approximate surface area is 168 Å². The number of amides is 1. The van der Waals surface area contributed by atoms with Crippen molar-refractivity contribution in [3.63, 3.8) is 0 Å². The van der Waals surface area contributed by atoms with Crippen LogP contribution < -0.4 is 4.74 Å². The second kappa shape index (κ2) is 9.42. The van der Waals surface area contributed by atoms with E-state index in [2.05, 4.69) is 46.2 Å². The van der Waals surface area contributed by atoms with Gasteiger partial charge in [-0.2, -0.15) is 0 Å². The molecule has 1 aromatic carbocycles. The number of piperidine rings is 1. The minimum Gasteiger partial charge on any atom is -0.489 e. The first kappa shape index (κ1) is 19.3. The van der Waals surface area contributed by atoms with Crippen LogP contribution in [0.1, 0.15) is 44.1 Å². The number of ether oxygens (including phenoxy) is 1. The Kier molecular flexibility index (Phi) is 6.48. The zero-order chi connectivity index (χ0) is 19.2. The van der Waals surface area contributed by atoms with Crippen LogP contribution in [-0.2, 0) is 11.3 Å². The predicted molar refractivity (Wildman–Crippen MR) is 112 cm³/mol. The van der Waals surface area contributed by atoms with Crippen LogP contribution in [0, 0.1) is 5.92 Å². The Morgan fingerprint density at radius 1 is 1.07 bits per heavy atom. The highest BCUT2D eigenvalue weighted by Crippen LogP contribution is 2.24. The second-order valence-corrected chi connectivity index (χ2v) is 8.28. The first-order valence-electron chi connectivity index (χ1n) is 10.9. The van der Waals surface area contributed by atoms with E-state index in [1.807, 2.05) is 6.07 Å². The van der Waals surface area contributed by atoms with E-state index >= 15 is 0 Å². The highest BCUT2D eigenvalue weighted by Gasteiger charge is 2.29. The minimum absolute atomic E-state index is 0.237. The molecule has 1 amide bonds. The van der Waals surface area contributed by atoms with Crippen LogP contribution >= 0.6 is 0 Å². The zero-order valence-electron chi connectivity index (χ0n) is 16.8. The lowest BCUT2D eigenvalue weighted by Gasteiger charge is -2.33. The minimum atomic E-state index is 0.237. The summed E-state index contributed by atoms with van der Waals surface area (Å²) in [6.07, 6.45) is 13.2. The molecule has 4 heteroatoms. The maximum absolute atomic E-state index is 12.6. The van der Waals surface area contributed by atoms with Gasteiger partial charge in [-0.1, -0.05) is 30.4 Å². The molecule has 3 aliphatic rings. The Morgan fingerprint density at radius 2 is 1.89 bits per heavy atom. The summed E-state index contributed by atoms with van der Waals surface area (Å²) in [5, 5.41) is 0. The van der Waals surface area contributed by atoms with Gasteiger partial charge >= 0.3 is 0 Å². The number of benzene rings is 1. The third-order valence-electron chi connectivity index (χ3n) is 6.14. The molecule has 2 heterocycles. The molecule has 2 aliphatic heterocycles. The molecule has 0 unspecified atom stereocenters. The van der Waals surface area contributed by atoms with Gasteiger partial charge in [0.2, 0.25) is 5.91 Å². The molecule has 0 bridgehead atoms. The van der Waals surface area contributed by atoms with Crippen LogP contribution in [-0.4, -0.2) is 48.5 Å². The fourth-order valence-corrected chi connectivity index (χ4v) is 4.47. The van der Waals surface area contributed by atoms with Crippen molar-refractivity contribution in [2.45, 2.75) is 45.1 Å². The Balaban J connectivity index is 1.25. The van der Waals surface area contributed by atoms with E-state index in [9.17, 15) is 4.79 Å². The Morgan fingerprint density at radius 3 is 2.64 bits per heavy atom. The number of nitrogens with zero attached hydrogens (tertiary/aromatic N) is 2. The number of rotatable bonds is 6. The molecule has 28 heavy (non-hydrogen) atoms. The molecule has 0 atom stereocenters. The van der Waals surface area contributed by atoms with Crippen molar-refractivity contribution in [2.24, 2.45) is 5.92 Å². The molecule has 150 valence electrons. The Hall–Kier alpha value is -2.07. The molecule has 0 spiro atoms. The van der Waals surface area contributed by atoms with Crippen LogP contribution in [0.3, 0.4) is 0 Å². The van der Waals surface area contributed by atoms with E-state index < -0.39 is 0 Å². The summed E-state index contributed by atoms with van der Waals surface area (Å²) in [5.74, 6) is 1.58. The number of carbonyl (C=O) groups excluding carboxylic acids is 1. The van der Waals surface area contributed by atoms with Gasteiger partial charge in [-0.25, -0.2) is 0 Å². The second-order valence-electron chi connectivity index (χ2n) is 8.28. The van der Waals surface area contributed by atoms with Crippen LogP contribution in [0.4, 0.5) is 0 Å². The third-order valence-corrected chi connectivity index (χ3v) is 6.14. The number of hydrogen-bond acceptors (Lipinski definition) is 3. The Bertz CT molecular complexity index is 726. The van der Waals surface area contributed by atoms with Gasteiger partial charge < -0.3 is 9.64 Å². The van der Waals surface area contributed by atoms with E-state index in [0.29, 0.717) is 12.5 Å².